The summed E-state index contributed by atoms with van der Waals surface area (Å²) < 4.78 is 4.79. The minimum atomic E-state index is -0.334. The molecule has 1 unspecified atom stereocenters. The molecule has 0 saturated carbocycles. The molecule has 1 atom stereocenters. The highest BCUT2D eigenvalue weighted by atomic mass is 16.5. The first-order valence-electron chi connectivity index (χ1n) is 7.19. The number of aromatic nitrogens is 2. The predicted octanol–water partition coefficient (Wildman–Crippen LogP) is 2.54. The van der Waals surface area contributed by atoms with Crippen LogP contribution < -0.4 is 10.6 Å². The van der Waals surface area contributed by atoms with Crippen LogP contribution in [0.1, 0.15) is 34.1 Å². The maximum absolute atomic E-state index is 11.7. The van der Waals surface area contributed by atoms with Crippen molar-refractivity contribution in [3.05, 3.63) is 47.3 Å². The van der Waals surface area contributed by atoms with Crippen LogP contribution in [-0.4, -0.2) is 29.6 Å². The topological polar surface area (TPSA) is 76.1 Å². The molecule has 0 bridgehead atoms. The summed E-state index contributed by atoms with van der Waals surface area (Å²) in [5, 5.41) is 6.69. The van der Waals surface area contributed by atoms with Crippen LogP contribution in [0.25, 0.3) is 0 Å². The second-order valence-electron chi connectivity index (χ2n) is 5.23. The fraction of sp³-hybridized carbons (Fsp3) is 0.312. The number of fused-ring (bicyclic) bond motifs is 1. The largest absolute Gasteiger partial charge is 0.465 e. The first kappa shape index (κ1) is 14.3. The molecule has 0 radical (unpaired) electrons. The summed E-state index contributed by atoms with van der Waals surface area (Å²) in [7, 11) is 1.39. The molecule has 1 aromatic heterocycles. The number of aryl methyl sites for hydroxylation is 1. The van der Waals surface area contributed by atoms with Gasteiger partial charge in [0.25, 0.3) is 0 Å². The number of hydrogen-bond donors (Lipinski definition) is 2. The van der Waals surface area contributed by atoms with Crippen LogP contribution in [0.2, 0.25) is 0 Å². The van der Waals surface area contributed by atoms with Crippen LogP contribution in [-0.2, 0) is 4.74 Å². The number of esters is 1. The second kappa shape index (κ2) is 6.01. The van der Waals surface area contributed by atoms with Crippen molar-refractivity contribution in [1.29, 1.82) is 0 Å². The number of nitrogens with one attached hydrogen (secondary N) is 2. The molecule has 114 valence electrons. The van der Waals surface area contributed by atoms with Crippen molar-refractivity contribution in [2.45, 2.75) is 19.4 Å². The van der Waals surface area contributed by atoms with Crippen molar-refractivity contribution in [3.8, 4) is 0 Å². The van der Waals surface area contributed by atoms with Gasteiger partial charge in [0.15, 0.2) is 0 Å². The number of nitrogens with zero attached hydrogens (tertiary/aromatic N) is 2. The Morgan fingerprint density at radius 3 is 3.05 bits per heavy atom. The van der Waals surface area contributed by atoms with E-state index in [9.17, 15) is 4.79 Å². The lowest BCUT2D eigenvalue weighted by Crippen LogP contribution is -2.23. The van der Waals surface area contributed by atoms with Gasteiger partial charge in [-0.2, -0.15) is 0 Å². The van der Waals surface area contributed by atoms with Crippen molar-refractivity contribution in [3.63, 3.8) is 0 Å². The summed E-state index contributed by atoms with van der Waals surface area (Å²) in [6.45, 7) is 2.78. The van der Waals surface area contributed by atoms with Crippen molar-refractivity contribution in [1.82, 2.24) is 9.97 Å². The van der Waals surface area contributed by atoms with Gasteiger partial charge in [-0.1, -0.05) is 0 Å². The quantitative estimate of drug-likeness (QED) is 0.848. The number of carbonyl (C=O) groups is 1. The van der Waals surface area contributed by atoms with E-state index in [0.717, 1.165) is 29.9 Å². The van der Waals surface area contributed by atoms with Crippen LogP contribution in [0, 0.1) is 6.92 Å². The van der Waals surface area contributed by atoms with E-state index in [1.807, 2.05) is 25.1 Å². The zero-order valence-electron chi connectivity index (χ0n) is 12.6. The summed E-state index contributed by atoms with van der Waals surface area (Å²) >= 11 is 0. The summed E-state index contributed by atoms with van der Waals surface area (Å²) in [5.74, 6) is 0.264. The summed E-state index contributed by atoms with van der Waals surface area (Å²) in [4.78, 5) is 20.3. The molecule has 6 heteroatoms. The van der Waals surface area contributed by atoms with E-state index in [0.29, 0.717) is 11.5 Å². The van der Waals surface area contributed by atoms with Crippen molar-refractivity contribution < 1.29 is 9.53 Å². The number of carbonyl (C=O) groups excluding carboxylic acids is 1. The van der Waals surface area contributed by atoms with E-state index in [1.165, 1.54) is 7.11 Å². The Kier molecular flexibility index (Phi) is 3.91. The minimum Gasteiger partial charge on any atom is -0.465 e. The van der Waals surface area contributed by atoms with E-state index in [-0.39, 0.29) is 12.0 Å². The molecule has 2 aromatic rings. The highest BCUT2D eigenvalue weighted by Gasteiger charge is 2.22. The number of methoxy groups -OCH3 is 1. The van der Waals surface area contributed by atoms with Crippen molar-refractivity contribution >= 4 is 17.6 Å². The molecule has 0 fully saturated rings. The zero-order valence-corrected chi connectivity index (χ0v) is 12.6. The van der Waals surface area contributed by atoms with E-state index in [2.05, 4.69) is 20.6 Å². The van der Waals surface area contributed by atoms with Crippen molar-refractivity contribution in [2.75, 3.05) is 24.3 Å². The van der Waals surface area contributed by atoms with Gasteiger partial charge in [-0.05, 0) is 43.2 Å². The maximum Gasteiger partial charge on any atom is 0.337 e. The molecule has 1 aliphatic rings. The third-order valence-electron chi connectivity index (χ3n) is 3.69. The van der Waals surface area contributed by atoms with Crippen LogP contribution >= 0.6 is 0 Å². The third kappa shape index (κ3) is 2.86. The Balaban J connectivity index is 1.91. The Morgan fingerprint density at radius 1 is 1.41 bits per heavy atom. The number of benzene rings is 1. The van der Waals surface area contributed by atoms with E-state index < -0.39 is 0 Å². The molecule has 1 aliphatic heterocycles. The Morgan fingerprint density at radius 2 is 2.27 bits per heavy atom. The third-order valence-corrected chi connectivity index (χ3v) is 3.69. The van der Waals surface area contributed by atoms with Gasteiger partial charge in [-0.3, -0.25) is 0 Å². The van der Waals surface area contributed by atoms with E-state index in [4.69, 9.17) is 4.74 Å². The number of anilines is 2. The molecular formula is C16H18N4O2. The molecule has 6 nitrogen and oxygen atoms in total. The monoisotopic (exact) mass is 298 g/mol. The molecule has 0 saturated heterocycles. The average Bonchev–Trinajstić information content (AvgIpc) is 2.54. The molecular weight excluding hydrogens is 280 g/mol. The summed E-state index contributed by atoms with van der Waals surface area (Å²) in [6.07, 6.45) is 2.62. The molecule has 2 heterocycles. The first-order valence-corrected chi connectivity index (χ1v) is 7.19. The smallest absolute Gasteiger partial charge is 0.337 e. The van der Waals surface area contributed by atoms with Gasteiger partial charge in [-0.15, -0.1) is 0 Å². The Labute approximate surface area is 128 Å². The number of hydrogen-bond acceptors (Lipinski definition) is 6. The lowest BCUT2D eigenvalue weighted by Gasteiger charge is -2.28. The fourth-order valence-corrected chi connectivity index (χ4v) is 2.59. The maximum atomic E-state index is 11.7. The second-order valence-corrected chi connectivity index (χ2v) is 5.23. The zero-order chi connectivity index (χ0) is 15.5. The Hall–Kier alpha value is -2.63. The van der Waals surface area contributed by atoms with Gasteiger partial charge in [0.05, 0.1) is 18.7 Å². The van der Waals surface area contributed by atoms with Gasteiger partial charge in [0, 0.05) is 24.1 Å². The fourth-order valence-electron chi connectivity index (χ4n) is 2.59. The average molecular weight is 298 g/mol. The Bertz CT molecular complexity index is 702. The van der Waals surface area contributed by atoms with Crippen LogP contribution in [0.15, 0.2) is 30.5 Å². The summed E-state index contributed by atoms with van der Waals surface area (Å²) in [5.41, 5.74) is 3.50. The van der Waals surface area contributed by atoms with Crippen LogP contribution in [0.3, 0.4) is 0 Å². The van der Waals surface area contributed by atoms with Gasteiger partial charge in [-0.25, -0.2) is 14.8 Å². The van der Waals surface area contributed by atoms with Crippen LogP contribution in [0.5, 0.6) is 0 Å². The van der Waals surface area contributed by atoms with Gasteiger partial charge >= 0.3 is 5.97 Å². The number of rotatable bonds is 3. The standard InChI is InChI=1S/C16H18N4O2/c1-10-5-7-18-16(19-10)20-14-6-8-17-13-4-3-11(9-12(13)14)15(21)22-2/h3-5,7,9,14,17H,6,8H2,1-2H3,(H,18,19,20). The lowest BCUT2D eigenvalue weighted by molar-refractivity contribution is 0.0600. The molecule has 0 amide bonds. The predicted molar refractivity (Wildman–Crippen MR) is 84.0 cm³/mol. The molecule has 3 rings (SSSR count). The van der Waals surface area contributed by atoms with Gasteiger partial charge < -0.3 is 15.4 Å². The minimum absolute atomic E-state index is 0.0580. The molecule has 2 N–H and O–H groups in total. The van der Waals surface area contributed by atoms with Gasteiger partial charge in [0.1, 0.15) is 0 Å². The lowest BCUT2D eigenvalue weighted by atomic mass is 9.96. The molecule has 0 aliphatic carbocycles. The molecule has 0 spiro atoms. The summed E-state index contributed by atoms with van der Waals surface area (Å²) in [6, 6.07) is 7.45. The van der Waals surface area contributed by atoms with Crippen LogP contribution in [0.4, 0.5) is 11.6 Å². The van der Waals surface area contributed by atoms with E-state index >= 15 is 0 Å². The normalized spacial score (nSPS) is 16.4. The number of ether oxygens (including phenoxy) is 1. The highest BCUT2D eigenvalue weighted by molar-refractivity contribution is 5.90. The van der Waals surface area contributed by atoms with Gasteiger partial charge in [0.2, 0.25) is 5.95 Å². The highest BCUT2D eigenvalue weighted by Crippen LogP contribution is 2.32. The molecule has 22 heavy (non-hydrogen) atoms. The van der Waals surface area contributed by atoms with E-state index in [1.54, 1.807) is 12.3 Å². The van der Waals surface area contributed by atoms with Crippen molar-refractivity contribution in [2.24, 2.45) is 0 Å². The molecule has 1 aromatic carbocycles. The SMILES string of the molecule is COC(=O)c1ccc2c(c1)C(Nc1nccc(C)n1)CCN2. The first-order chi connectivity index (χ1) is 10.7.